The molecule has 3 N–H and O–H groups in total. The average Bonchev–Trinajstić information content (AvgIpc) is 2.82. The molecule has 18 heavy (non-hydrogen) atoms. The molecular weight excluding hydrogens is 250 g/mol. The number of hydrogen-bond donors (Lipinski definition) is 2. The second kappa shape index (κ2) is 3.93. The Morgan fingerprint density at radius 3 is 3.06 bits per heavy atom. The van der Waals surface area contributed by atoms with Crippen molar-refractivity contribution in [3.8, 4) is 0 Å². The van der Waals surface area contributed by atoms with Crippen LogP contribution >= 0.6 is 11.3 Å². The quantitative estimate of drug-likeness (QED) is 0.846. The van der Waals surface area contributed by atoms with E-state index in [2.05, 4.69) is 4.98 Å². The van der Waals surface area contributed by atoms with E-state index in [-0.39, 0.29) is 5.41 Å². The van der Waals surface area contributed by atoms with E-state index >= 15 is 0 Å². The molecule has 1 aliphatic heterocycles. The summed E-state index contributed by atoms with van der Waals surface area (Å²) in [5.74, 6) is 0.876. The molecule has 3 atom stereocenters. The Morgan fingerprint density at radius 1 is 1.72 bits per heavy atom. The van der Waals surface area contributed by atoms with Crippen molar-refractivity contribution in [3.05, 3.63) is 16.1 Å². The fraction of sp³-hybridized carbons (Fsp3) is 0.667. The van der Waals surface area contributed by atoms with Crippen LogP contribution in [0.2, 0.25) is 0 Å². The zero-order valence-corrected chi connectivity index (χ0v) is 11.1. The fourth-order valence-electron chi connectivity index (χ4n) is 3.43. The standard InChI is InChI=1S/C12H17N3O2S/c1-7-5-18-10(14-7)12(6-13)8-2-3-15(11(16)17)4-9(8)12/h5,8-9H,2-4,6,13H2,1H3,(H,16,17)/t8-,9+,12+/m1/s1. The van der Waals surface area contributed by atoms with E-state index < -0.39 is 6.09 Å². The van der Waals surface area contributed by atoms with Crippen molar-refractivity contribution in [2.45, 2.75) is 18.8 Å². The van der Waals surface area contributed by atoms with Crippen molar-refractivity contribution in [2.24, 2.45) is 17.6 Å². The van der Waals surface area contributed by atoms with Gasteiger partial charge in [-0.15, -0.1) is 11.3 Å². The van der Waals surface area contributed by atoms with Crippen LogP contribution in [0, 0.1) is 18.8 Å². The van der Waals surface area contributed by atoms with E-state index in [9.17, 15) is 4.79 Å². The summed E-state index contributed by atoms with van der Waals surface area (Å²) in [5.41, 5.74) is 6.97. The summed E-state index contributed by atoms with van der Waals surface area (Å²) in [6, 6.07) is 0. The maximum atomic E-state index is 11.0. The molecule has 0 aromatic carbocycles. The number of rotatable bonds is 2. The molecule has 98 valence electrons. The van der Waals surface area contributed by atoms with Gasteiger partial charge in [-0.2, -0.15) is 0 Å². The van der Waals surface area contributed by atoms with E-state index in [0.29, 0.717) is 31.5 Å². The number of fused-ring (bicyclic) bond motifs is 1. The number of carbonyl (C=O) groups is 1. The van der Waals surface area contributed by atoms with Gasteiger partial charge in [0, 0.05) is 36.1 Å². The number of hydrogen-bond acceptors (Lipinski definition) is 4. The van der Waals surface area contributed by atoms with Gasteiger partial charge in [0.25, 0.3) is 0 Å². The normalized spacial score (nSPS) is 34.2. The van der Waals surface area contributed by atoms with E-state index in [0.717, 1.165) is 17.1 Å². The Morgan fingerprint density at radius 2 is 2.50 bits per heavy atom. The van der Waals surface area contributed by atoms with Crippen LogP contribution in [0.1, 0.15) is 17.1 Å². The molecule has 1 saturated carbocycles. The Balaban J connectivity index is 1.86. The molecule has 6 heteroatoms. The SMILES string of the molecule is Cc1csc([C@@]2(CN)[C@@H]3CCN(C(=O)O)C[C@@H]32)n1. The molecule has 2 fully saturated rings. The minimum atomic E-state index is -0.818. The predicted molar refractivity (Wildman–Crippen MR) is 68.8 cm³/mol. The van der Waals surface area contributed by atoms with Crippen LogP contribution in [0.4, 0.5) is 4.79 Å². The smallest absolute Gasteiger partial charge is 0.407 e. The zero-order valence-electron chi connectivity index (χ0n) is 10.3. The first-order valence-electron chi connectivity index (χ1n) is 6.20. The highest BCUT2D eigenvalue weighted by Gasteiger charge is 2.67. The maximum Gasteiger partial charge on any atom is 0.407 e. The monoisotopic (exact) mass is 267 g/mol. The largest absolute Gasteiger partial charge is 0.465 e. The number of piperidine rings is 1. The summed E-state index contributed by atoms with van der Waals surface area (Å²) in [5, 5.41) is 12.2. The molecule has 0 bridgehead atoms. The molecule has 0 radical (unpaired) electrons. The lowest BCUT2D eigenvalue weighted by Crippen LogP contribution is -2.36. The summed E-state index contributed by atoms with van der Waals surface area (Å²) in [7, 11) is 0. The van der Waals surface area contributed by atoms with Gasteiger partial charge in [0.05, 0.1) is 0 Å². The zero-order chi connectivity index (χ0) is 12.9. The van der Waals surface area contributed by atoms with Crippen molar-refractivity contribution < 1.29 is 9.90 Å². The van der Waals surface area contributed by atoms with Crippen LogP contribution < -0.4 is 5.73 Å². The summed E-state index contributed by atoms with van der Waals surface area (Å²) >= 11 is 1.66. The second-order valence-corrected chi connectivity index (χ2v) is 6.13. The van der Waals surface area contributed by atoms with Gasteiger partial charge in [-0.25, -0.2) is 9.78 Å². The van der Waals surface area contributed by atoms with Gasteiger partial charge in [-0.1, -0.05) is 0 Å². The molecule has 1 saturated heterocycles. The van der Waals surface area contributed by atoms with Gasteiger partial charge < -0.3 is 15.7 Å². The molecule has 0 unspecified atom stereocenters. The van der Waals surface area contributed by atoms with Gasteiger partial charge >= 0.3 is 6.09 Å². The Hall–Kier alpha value is -1.14. The lowest BCUT2D eigenvalue weighted by atomic mass is 10.0. The van der Waals surface area contributed by atoms with E-state index in [1.54, 1.807) is 11.3 Å². The van der Waals surface area contributed by atoms with Gasteiger partial charge in [-0.3, -0.25) is 0 Å². The van der Waals surface area contributed by atoms with Crippen molar-refractivity contribution >= 4 is 17.4 Å². The minimum Gasteiger partial charge on any atom is -0.465 e. The summed E-state index contributed by atoms with van der Waals surface area (Å²) in [4.78, 5) is 17.1. The molecule has 2 heterocycles. The van der Waals surface area contributed by atoms with Crippen molar-refractivity contribution in [1.82, 2.24) is 9.88 Å². The van der Waals surface area contributed by atoms with Crippen LogP contribution in [0.25, 0.3) is 0 Å². The Bertz CT molecular complexity index is 489. The summed E-state index contributed by atoms with van der Waals surface area (Å²) in [6.45, 7) is 3.79. The number of nitrogens with two attached hydrogens (primary N) is 1. The third-order valence-corrected chi connectivity index (χ3v) is 5.61. The van der Waals surface area contributed by atoms with Crippen molar-refractivity contribution in [1.29, 1.82) is 0 Å². The molecule has 1 aliphatic carbocycles. The number of aryl methyl sites for hydroxylation is 1. The summed E-state index contributed by atoms with van der Waals surface area (Å²) in [6.07, 6.45) is 0.0915. The number of aromatic nitrogens is 1. The van der Waals surface area contributed by atoms with Crippen molar-refractivity contribution in [3.63, 3.8) is 0 Å². The molecule has 3 rings (SSSR count). The van der Waals surface area contributed by atoms with Gasteiger partial charge in [0.1, 0.15) is 5.01 Å². The molecular formula is C12H17N3O2S. The fourth-order valence-corrected chi connectivity index (χ4v) is 4.56. The minimum absolute atomic E-state index is 0.0525. The number of likely N-dealkylation sites (tertiary alicyclic amines) is 1. The average molecular weight is 267 g/mol. The van der Waals surface area contributed by atoms with Crippen LogP contribution in [-0.2, 0) is 5.41 Å². The van der Waals surface area contributed by atoms with Gasteiger partial charge in [0.2, 0.25) is 0 Å². The second-order valence-electron chi connectivity index (χ2n) is 5.27. The third kappa shape index (κ3) is 1.48. The van der Waals surface area contributed by atoms with E-state index in [1.165, 1.54) is 4.90 Å². The number of amides is 1. The highest BCUT2D eigenvalue weighted by atomic mass is 32.1. The first-order valence-corrected chi connectivity index (χ1v) is 7.08. The molecule has 1 aromatic rings. The van der Waals surface area contributed by atoms with E-state index in [4.69, 9.17) is 10.8 Å². The predicted octanol–water partition coefficient (Wildman–Crippen LogP) is 1.28. The molecule has 0 spiro atoms. The van der Waals surface area contributed by atoms with Crippen LogP contribution in [0.3, 0.4) is 0 Å². The van der Waals surface area contributed by atoms with Crippen LogP contribution in [0.15, 0.2) is 5.38 Å². The lowest BCUT2D eigenvalue weighted by molar-refractivity contribution is 0.133. The van der Waals surface area contributed by atoms with Crippen LogP contribution in [0.5, 0.6) is 0 Å². The van der Waals surface area contributed by atoms with E-state index in [1.807, 2.05) is 12.3 Å². The number of thiazole rings is 1. The summed E-state index contributed by atoms with van der Waals surface area (Å²) < 4.78 is 0. The third-order valence-electron chi connectivity index (χ3n) is 4.45. The Kier molecular flexibility index (Phi) is 2.60. The topological polar surface area (TPSA) is 79.5 Å². The van der Waals surface area contributed by atoms with Gasteiger partial charge in [0.15, 0.2) is 0 Å². The van der Waals surface area contributed by atoms with Gasteiger partial charge in [-0.05, 0) is 25.2 Å². The number of carboxylic acid groups (broad SMARTS) is 1. The molecule has 1 aromatic heterocycles. The van der Waals surface area contributed by atoms with Crippen molar-refractivity contribution in [2.75, 3.05) is 19.6 Å². The maximum absolute atomic E-state index is 11.0. The molecule has 5 nitrogen and oxygen atoms in total. The van der Waals surface area contributed by atoms with Crippen LogP contribution in [-0.4, -0.2) is 40.7 Å². The molecule has 1 amide bonds. The first kappa shape index (κ1) is 11.9. The number of nitrogens with zero attached hydrogens (tertiary/aromatic N) is 2. The lowest BCUT2D eigenvalue weighted by Gasteiger charge is -2.22. The Labute approximate surface area is 110 Å². The first-order chi connectivity index (χ1) is 8.59. The highest BCUT2D eigenvalue weighted by Crippen LogP contribution is 2.63. The highest BCUT2D eigenvalue weighted by molar-refractivity contribution is 7.09. The molecule has 2 aliphatic rings.